The summed E-state index contributed by atoms with van der Waals surface area (Å²) in [4.78, 5) is 23.0. The van der Waals surface area contributed by atoms with Crippen LogP contribution in [0, 0.1) is 0 Å². The fourth-order valence-electron chi connectivity index (χ4n) is 1.59. The molecule has 1 unspecified atom stereocenters. The van der Waals surface area contributed by atoms with Crippen LogP contribution in [0.4, 0.5) is 18.9 Å². The molecule has 1 atom stereocenters. The first-order valence-corrected chi connectivity index (χ1v) is 5.52. The van der Waals surface area contributed by atoms with Crippen molar-refractivity contribution in [2.75, 3.05) is 11.9 Å². The predicted molar refractivity (Wildman–Crippen MR) is 65.5 cm³/mol. The predicted octanol–water partition coefficient (Wildman–Crippen LogP) is 1.71. The average molecular weight is 290 g/mol. The third kappa shape index (κ3) is 3.19. The molecule has 8 heteroatoms. The molecule has 110 valence electrons. The van der Waals surface area contributed by atoms with Gasteiger partial charge in [-0.05, 0) is 25.1 Å². The Bertz CT molecular complexity index is 543. The Balaban J connectivity index is 3.33. The van der Waals surface area contributed by atoms with E-state index in [0.29, 0.717) is 6.07 Å². The lowest BCUT2D eigenvalue weighted by molar-refractivity contribution is -0.138. The molecule has 0 aromatic heterocycles. The number of anilines is 1. The van der Waals surface area contributed by atoms with Crippen molar-refractivity contribution >= 4 is 17.6 Å². The molecule has 0 bridgehead atoms. The van der Waals surface area contributed by atoms with Gasteiger partial charge in [-0.2, -0.15) is 13.2 Å². The van der Waals surface area contributed by atoms with Crippen LogP contribution in [0.25, 0.3) is 0 Å². The molecule has 0 aliphatic heterocycles. The molecule has 0 radical (unpaired) electrons. The van der Waals surface area contributed by atoms with E-state index in [1.807, 2.05) is 0 Å². The second kappa shape index (κ2) is 5.40. The van der Waals surface area contributed by atoms with Crippen LogP contribution >= 0.6 is 0 Å². The van der Waals surface area contributed by atoms with Gasteiger partial charge in [-0.3, -0.25) is 4.79 Å². The fourth-order valence-corrected chi connectivity index (χ4v) is 1.59. The number of carbonyl (C=O) groups excluding carboxylic acids is 1. The summed E-state index contributed by atoms with van der Waals surface area (Å²) in [6.45, 7) is 1.33. The summed E-state index contributed by atoms with van der Waals surface area (Å²) >= 11 is 0. The largest absolute Gasteiger partial charge is 0.480 e. The second-order valence-electron chi connectivity index (χ2n) is 4.22. The van der Waals surface area contributed by atoms with E-state index >= 15 is 0 Å². The highest BCUT2D eigenvalue weighted by atomic mass is 19.4. The topological polar surface area (TPSA) is 83.6 Å². The van der Waals surface area contributed by atoms with Crippen LogP contribution in [-0.2, 0) is 11.0 Å². The number of nitrogens with two attached hydrogens (primary N) is 1. The summed E-state index contributed by atoms with van der Waals surface area (Å²) in [7, 11) is 1.35. The normalized spacial score (nSPS) is 12.8. The molecule has 1 aromatic rings. The van der Waals surface area contributed by atoms with Gasteiger partial charge in [0, 0.05) is 12.7 Å². The Morgan fingerprint density at radius 2 is 1.90 bits per heavy atom. The highest BCUT2D eigenvalue weighted by Gasteiger charge is 2.35. The van der Waals surface area contributed by atoms with Gasteiger partial charge in [-0.25, -0.2) is 4.79 Å². The minimum Gasteiger partial charge on any atom is -0.480 e. The number of carbonyl (C=O) groups is 2. The Morgan fingerprint density at radius 1 is 1.35 bits per heavy atom. The number of hydrogen-bond donors (Lipinski definition) is 2. The van der Waals surface area contributed by atoms with E-state index < -0.39 is 35.2 Å². The number of hydrogen-bond acceptors (Lipinski definition) is 3. The van der Waals surface area contributed by atoms with E-state index in [1.165, 1.54) is 20.0 Å². The molecule has 0 spiro atoms. The maximum Gasteiger partial charge on any atom is 0.417 e. The summed E-state index contributed by atoms with van der Waals surface area (Å²) in [5.41, 5.74) is 3.08. The number of likely N-dealkylation sites (N-methyl/N-ethyl adjacent to an activating group) is 1. The van der Waals surface area contributed by atoms with Crippen molar-refractivity contribution in [2.45, 2.75) is 19.1 Å². The second-order valence-corrected chi connectivity index (χ2v) is 4.22. The summed E-state index contributed by atoms with van der Waals surface area (Å²) < 4.78 is 38.6. The lowest BCUT2D eigenvalue weighted by Crippen LogP contribution is -2.36. The maximum absolute atomic E-state index is 12.9. The van der Waals surface area contributed by atoms with E-state index in [9.17, 15) is 22.8 Å². The first-order chi connectivity index (χ1) is 9.05. The van der Waals surface area contributed by atoms with Crippen molar-refractivity contribution in [1.82, 2.24) is 0 Å². The van der Waals surface area contributed by atoms with Crippen molar-refractivity contribution in [2.24, 2.45) is 5.73 Å². The number of nitrogens with zero attached hydrogens (tertiary/aromatic N) is 1. The lowest BCUT2D eigenvalue weighted by atomic mass is 10.0. The van der Waals surface area contributed by atoms with E-state index in [2.05, 4.69) is 0 Å². The standard InChI is InChI=1S/C12H13F3N2O3/c1-6(11(19)20)17(2)7-3-4-8(10(16)18)9(5-7)12(13,14)15/h3-6H,1-2H3,(H2,16,18)(H,19,20). The van der Waals surface area contributed by atoms with E-state index in [0.717, 1.165) is 11.0 Å². The quantitative estimate of drug-likeness (QED) is 0.884. The summed E-state index contributed by atoms with van der Waals surface area (Å²) in [5.74, 6) is -2.38. The molecule has 5 nitrogen and oxygen atoms in total. The minimum absolute atomic E-state index is 0.0252. The molecule has 0 aliphatic rings. The average Bonchev–Trinajstić information content (AvgIpc) is 2.34. The Morgan fingerprint density at radius 3 is 2.30 bits per heavy atom. The molecular formula is C12H13F3N2O3. The number of halogens is 3. The van der Waals surface area contributed by atoms with Crippen molar-refractivity contribution < 1.29 is 27.9 Å². The molecule has 0 saturated carbocycles. The molecular weight excluding hydrogens is 277 g/mol. The number of rotatable bonds is 4. The summed E-state index contributed by atoms with van der Waals surface area (Å²) in [5, 5.41) is 8.85. The first-order valence-electron chi connectivity index (χ1n) is 5.52. The van der Waals surface area contributed by atoms with Crippen LogP contribution in [0.15, 0.2) is 18.2 Å². The van der Waals surface area contributed by atoms with Crippen LogP contribution < -0.4 is 10.6 Å². The van der Waals surface area contributed by atoms with Crippen molar-refractivity contribution in [1.29, 1.82) is 0 Å². The van der Waals surface area contributed by atoms with E-state index in [1.54, 1.807) is 0 Å². The van der Waals surface area contributed by atoms with Gasteiger partial charge in [0.1, 0.15) is 6.04 Å². The monoisotopic (exact) mass is 290 g/mol. The molecule has 1 aromatic carbocycles. The molecule has 20 heavy (non-hydrogen) atoms. The molecule has 0 fully saturated rings. The van der Waals surface area contributed by atoms with Crippen molar-refractivity contribution in [3.05, 3.63) is 29.3 Å². The number of alkyl halides is 3. The highest BCUT2D eigenvalue weighted by Crippen LogP contribution is 2.34. The zero-order valence-electron chi connectivity index (χ0n) is 10.7. The van der Waals surface area contributed by atoms with Gasteiger partial charge >= 0.3 is 12.1 Å². The number of carboxylic acids is 1. The first kappa shape index (κ1) is 15.8. The Hall–Kier alpha value is -2.25. The van der Waals surface area contributed by atoms with Gasteiger partial charge in [0.25, 0.3) is 0 Å². The highest BCUT2D eigenvalue weighted by molar-refractivity contribution is 5.95. The molecule has 1 rings (SSSR count). The van der Waals surface area contributed by atoms with Gasteiger partial charge in [-0.15, -0.1) is 0 Å². The minimum atomic E-state index is -4.76. The van der Waals surface area contributed by atoms with E-state index in [-0.39, 0.29) is 5.69 Å². The van der Waals surface area contributed by atoms with Gasteiger partial charge in [-0.1, -0.05) is 0 Å². The molecule has 3 N–H and O–H groups in total. The van der Waals surface area contributed by atoms with Gasteiger partial charge < -0.3 is 15.7 Å². The SMILES string of the molecule is CC(C(=O)O)N(C)c1ccc(C(N)=O)c(C(F)(F)F)c1. The fraction of sp³-hybridized carbons (Fsp3) is 0.333. The Labute approximate surface area is 112 Å². The number of benzene rings is 1. The van der Waals surface area contributed by atoms with Crippen LogP contribution in [-0.4, -0.2) is 30.1 Å². The zero-order valence-corrected chi connectivity index (χ0v) is 10.7. The molecule has 0 aliphatic carbocycles. The number of carboxylic acid groups (broad SMARTS) is 1. The van der Waals surface area contributed by atoms with Gasteiger partial charge in [0.05, 0.1) is 11.1 Å². The van der Waals surface area contributed by atoms with Crippen LogP contribution in [0.1, 0.15) is 22.8 Å². The van der Waals surface area contributed by atoms with Crippen LogP contribution in [0.3, 0.4) is 0 Å². The van der Waals surface area contributed by atoms with E-state index in [4.69, 9.17) is 10.8 Å². The molecule has 1 amide bonds. The third-order valence-electron chi connectivity index (χ3n) is 2.92. The van der Waals surface area contributed by atoms with Gasteiger partial charge in [0.15, 0.2) is 0 Å². The summed E-state index contributed by atoms with van der Waals surface area (Å²) in [6.07, 6.45) is -4.76. The lowest BCUT2D eigenvalue weighted by Gasteiger charge is -2.25. The number of amides is 1. The van der Waals surface area contributed by atoms with Crippen LogP contribution in [0.2, 0.25) is 0 Å². The Kier molecular flexibility index (Phi) is 4.26. The molecule has 0 heterocycles. The summed E-state index contributed by atoms with van der Waals surface area (Å²) in [6, 6.07) is 1.84. The number of primary amides is 1. The number of aliphatic carboxylic acids is 1. The van der Waals surface area contributed by atoms with Gasteiger partial charge in [0.2, 0.25) is 5.91 Å². The van der Waals surface area contributed by atoms with Crippen LogP contribution in [0.5, 0.6) is 0 Å². The zero-order chi connectivity index (χ0) is 15.7. The van der Waals surface area contributed by atoms with Crippen molar-refractivity contribution in [3.63, 3.8) is 0 Å². The maximum atomic E-state index is 12.9. The molecule has 0 saturated heterocycles. The third-order valence-corrected chi connectivity index (χ3v) is 2.92. The smallest absolute Gasteiger partial charge is 0.417 e. The van der Waals surface area contributed by atoms with Crippen molar-refractivity contribution in [3.8, 4) is 0 Å².